The quantitative estimate of drug-likeness (QED) is 0.181. The van der Waals surface area contributed by atoms with Crippen molar-refractivity contribution >= 4 is 29.0 Å². The van der Waals surface area contributed by atoms with Gasteiger partial charge >= 0.3 is 0 Å². The first-order valence-electron chi connectivity index (χ1n) is 17.2. The number of ketones is 2. The number of para-hydroxylation sites is 1. The highest BCUT2D eigenvalue weighted by Crippen LogP contribution is 2.64. The van der Waals surface area contributed by atoms with E-state index < -0.39 is 35.0 Å². The van der Waals surface area contributed by atoms with Crippen molar-refractivity contribution in [3.63, 3.8) is 0 Å². The lowest BCUT2D eigenvalue weighted by Gasteiger charge is -2.55. The summed E-state index contributed by atoms with van der Waals surface area (Å²) >= 11 is 0. The number of phenols is 2. The van der Waals surface area contributed by atoms with Gasteiger partial charge in [0.2, 0.25) is 11.8 Å². The average Bonchev–Trinajstić information content (AvgIpc) is 3.38. The number of fused-ring (bicyclic) bond motifs is 4. The Bertz CT molecular complexity index is 2100. The van der Waals surface area contributed by atoms with Gasteiger partial charge in [-0.15, -0.1) is 0 Å². The maximum absolute atomic E-state index is 15.1. The average molecular weight is 664 g/mol. The van der Waals surface area contributed by atoms with Gasteiger partial charge in [-0.3, -0.25) is 24.1 Å². The fourth-order valence-electron chi connectivity index (χ4n) is 9.32. The second kappa shape index (κ2) is 12.1. The SMILES string of the molecule is Cc1cccc([C@H]2C3=CC[C@@H]4C(=O)N(CCc5ccc(O)cc5)C(=O)[C@@H]4[C@@H]3C[C@H]3C(=O)C(c4ccccc4)=CC(=O)[C@@]23c2ccccc2)c1O. The minimum atomic E-state index is -1.39. The normalized spacial score (nSPS) is 27.3. The van der Waals surface area contributed by atoms with E-state index in [9.17, 15) is 24.6 Å². The van der Waals surface area contributed by atoms with Crippen LogP contribution in [-0.2, 0) is 31.0 Å². The predicted molar refractivity (Wildman–Crippen MR) is 188 cm³/mol. The van der Waals surface area contributed by atoms with Gasteiger partial charge in [-0.1, -0.05) is 103 Å². The molecule has 7 heteroatoms. The van der Waals surface area contributed by atoms with Crippen molar-refractivity contribution in [1.29, 1.82) is 0 Å². The minimum absolute atomic E-state index is 0.0534. The van der Waals surface area contributed by atoms with Crippen LogP contribution in [0.2, 0.25) is 0 Å². The molecule has 4 aromatic rings. The van der Waals surface area contributed by atoms with E-state index in [2.05, 4.69) is 0 Å². The molecule has 8 rings (SSSR count). The maximum Gasteiger partial charge on any atom is 0.233 e. The highest BCUT2D eigenvalue weighted by Gasteiger charge is 2.66. The van der Waals surface area contributed by atoms with E-state index in [-0.39, 0.29) is 47.8 Å². The zero-order chi connectivity index (χ0) is 34.7. The Hall–Kier alpha value is -5.56. The lowest BCUT2D eigenvalue weighted by molar-refractivity contribution is -0.140. The van der Waals surface area contributed by atoms with Crippen molar-refractivity contribution < 1.29 is 29.4 Å². The molecule has 0 radical (unpaired) electrons. The third-order valence-corrected chi connectivity index (χ3v) is 11.6. The van der Waals surface area contributed by atoms with Crippen LogP contribution in [-0.4, -0.2) is 45.0 Å². The van der Waals surface area contributed by atoms with Gasteiger partial charge in [0.15, 0.2) is 11.6 Å². The minimum Gasteiger partial charge on any atom is -0.508 e. The molecule has 1 saturated heterocycles. The molecule has 1 heterocycles. The Morgan fingerprint density at radius 2 is 1.48 bits per heavy atom. The molecular weight excluding hydrogens is 626 g/mol. The van der Waals surface area contributed by atoms with E-state index >= 15 is 4.79 Å². The number of allylic oxidation sites excluding steroid dienone is 4. The third-order valence-electron chi connectivity index (χ3n) is 11.6. The van der Waals surface area contributed by atoms with Gasteiger partial charge < -0.3 is 10.2 Å². The molecule has 4 aliphatic rings. The molecule has 0 aromatic heterocycles. The number of aromatic hydroxyl groups is 2. The van der Waals surface area contributed by atoms with Gasteiger partial charge in [0.25, 0.3) is 0 Å². The standard InChI is InChI=1S/C43H37NO6/c1-25-9-8-14-32(39(25)47)38-30-19-20-31-37(42(50)44(41(31)49)22-21-26-15-17-29(45)18-16-26)34(30)23-35-40(48)33(27-10-4-2-5-11-27)24-36(46)43(35,38)28-12-6-3-7-13-28/h2-19,24,31,34-35,37-38,45,47H,20-23H2,1H3/t31-,34+,35-,37-,38+,43-/m0/s1. The summed E-state index contributed by atoms with van der Waals surface area (Å²) in [6, 6.07) is 30.8. The van der Waals surface area contributed by atoms with E-state index in [4.69, 9.17) is 0 Å². The van der Waals surface area contributed by atoms with Crippen molar-refractivity contribution in [2.24, 2.45) is 23.7 Å². The molecular formula is C43H37NO6. The van der Waals surface area contributed by atoms with Gasteiger partial charge in [0.1, 0.15) is 11.5 Å². The molecule has 7 nitrogen and oxygen atoms in total. The number of carbonyl (C=O) groups is 4. The predicted octanol–water partition coefficient (Wildman–Crippen LogP) is 6.47. The summed E-state index contributed by atoms with van der Waals surface area (Å²) in [6.45, 7) is 2.01. The van der Waals surface area contributed by atoms with Crippen LogP contribution in [0.4, 0.5) is 0 Å². The van der Waals surface area contributed by atoms with Crippen molar-refractivity contribution in [1.82, 2.24) is 4.90 Å². The summed E-state index contributed by atoms with van der Waals surface area (Å²) in [5.41, 5.74) is 3.18. The zero-order valence-electron chi connectivity index (χ0n) is 27.7. The topological polar surface area (TPSA) is 112 Å². The largest absolute Gasteiger partial charge is 0.508 e. The van der Waals surface area contributed by atoms with Crippen molar-refractivity contribution in [3.05, 3.63) is 149 Å². The number of phenolic OH excluding ortho intramolecular Hbond substituents is 2. The van der Waals surface area contributed by atoms with Crippen LogP contribution in [0.15, 0.2) is 121 Å². The molecule has 2 fully saturated rings. The number of likely N-dealkylation sites (tertiary alicyclic amines) is 1. The summed E-state index contributed by atoms with van der Waals surface area (Å²) in [6.07, 6.45) is 4.48. The Balaban J connectivity index is 1.29. The smallest absolute Gasteiger partial charge is 0.233 e. The maximum atomic E-state index is 15.1. The molecule has 1 aliphatic heterocycles. The molecule has 0 unspecified atom stereocenters. The van der Waals surface area contributed by atoms with Crippen LogP contribution < -0.4 is 0 Å². The van der Waals surface area contributed by atoms with Gasteiger partial charge in [-0.25, -0.2) is 0 Å². The van der Waals surface area contributed by atoms with E-state index in [0.29, 0.717) is 40.7 Å². The first kappa shape index (κ1) is 31.7. The lowest BCUT2D eigenvalue weighted by atomic mass is 9.44. The number of carbonyl (C=O) groups excluding carboxylic acids is 4. The molecule has 3 aliphatic carbocycles. The van der Waals surface area contributed by atoms with E-state index in [1.165, 1.54) is 11.0 Å². The number of imide groups is 1. The van der Waals surface area contributed by atoms with Gasteiger partial charge in [0.05, 0.1) is 17.3 Å². The summed E-state index contributed by atoms with van der Waals surface area (Å²) in [5, 5.41) is 21.4. The fraction of sp³-hybridized carbons (Fsp3) is 0.256. The molecule has 250 valence electrons. The summed E-state index contributed by atoms with van der Waals surface area (Å²) in [4.78, 5) is 59.8. The van der Waals surface area contributed by atoms with Crippen LogP contribution in [0.5, 0.6) is 11.5 Å². The first-order chi connectivity index (χ1) is 24.2. The van der Waals surface area contributed by atoms with Crippen LogP contribution in [0.1, 0.15) is 46.6 Å². The Morgan fingerprint density at radius 1 is 0.780 bits per heavy atom. The van der Waals surface area contributed by atoms with Crippen LogP contribution in [0.3, 0.4) is 0 Å². The number of hydrogen-bond acceptors (Lipinski definition) is 6. The first-order valence-corrected chi connectivity index (χ1v) is 17.2. The molecule has 50 heavy (non-hydrogen) atoms. The summed E-state index contributed by atoms with van der Waals surface area (Å²) in [7, 11) is 0. The van der Waals surface area contributed by atoms with Crippen LogP contribution in [0, 0.1) is 30.6 Å². The van der Waals surface area contributed by atoms with Crippen LogP contribution in [0.25, 0.3) is 5.57 Å². The van der Waals surface area contributed by atoms with E-state index in [1.54, 1.807) is 24.3 Å². The second-order valence-corrected chi connectivity index (χ2v) is 14.0. The number of benzene rings is 4. The van der Waals surface area contributed by atoms with E-state index in [1.807, 2.05) is 91.9 Å². The van der Waals surface area contributed by atoms with Gasteiger partial charge in [0, 0.05) is 29.5 Å². The monoisotopic (exact) mass is 663 g/mol. The second-order valence-electron chi connectivity index (χ2n) is 14.0. The van der Waals surface area contributed by atoms with Gasteiger partial charge in [-0.2, -0.15) is 0 Å². The zero-order valence-corrected chi connectivity index (χ0v) is 27.7. The van der Waals surface area contributed by atoms with Crippen molar-refractivity contribution in [3.8, 4) is 11.5 Å². The lowest BCUT2D eigenvalue weighted by Crippen LogP contribution is -2.58. The Kier molecular flexibility index (Phi) is 7.66. The van der Waals surface area contributed by atoms with Crippen molar-refractivity contribution in [2.75, 3.05) is 6.54 Å². The molecule has 0 spiro atoms. The van der Waals surface area contributed by atoms with E-state index in [0.717, 1.165) is 11.1 Å². The number of aryl methyl sites for hydroxylation is 1. The van der Waals surface area contributed by atoms with Crippen molar-refractivity contribution in [2.45, 2.75) is 37.5 Å². The van der Waals surface area contributed by atoms with Gasteiger partial charge in [-0.05, 0) is 72.6 Å². The third kappa shape index (κ3) is 4.71. The fourth-order valence-corrected chi connectivity index (χ4v) is 9.32. The number of amides is 2. The number of rotatable bonds is 6. The number of hydrogen-bond donors (Lipinski definition) is 2. The summed E-state index contributed by atoms with van der Waals surface area (Å²) < 4.78 is 0. The Labute approximate surface area is 290 Å². The number of nitrogens with zero attached hydrogens (tertiary/aromatic N) is 1. The molecule has 1 saturated carbocycles. The molecule has 2 N–H and O–H groups in total. The highest BCUT2D eigenvalue weighted by molar-refractivity contribution is 6.31. The molecule has 0 bridgehead atoms. The molecule has 2 amide bonds. The Morgan fingerprint density at radius 3 is 2.20 bits per heavy atom. The van der Waals surface area contributed by atoms with Crippen LogP contribution >= 0.6 is 0 Å². The molecule has 6 atom stereocenters. The number of Topliss-reactive ketones (excluding diaryl/α,β-unsaturated/α-hetero) is 1. The highest BCUT2D eigenvalue weighted by atomic mass is 16.3. The molecule has 4 aromatic carbocycles. The summed E-state index contributed by atoms with van der Waals surface area (Å²) in [5.74, 6) is -4.08.